The summed E-state index contributed by atoms with van der Waals surface area (Å²) in [5.41, 5.74) is 1.31. The van der Waals surface area contributed by atoms with E-state index in [0.29, 0.717) is 6.04 Å². The number of aryl methyl sites for hydroxylation is 1. The normalized spacial score (nSPS) is 18.0. The van der Waals surface area contributed by atoms with Crippen LogP contribution in [0.5, 0.6) is 0 Å². The van der Waals surface area contributed by atoms with Crippen LogP contribution in [0, 0.1) is 6.92 Å². The van der Waals surface area contributed by atoms with Crippen molar-refractivity contribution in [2.75, 3.05) is 30.4 Å². The molecule has 0 bridgehead atoms. The van der Waals surface area contributed by atoms with Crippen molar-refractivity contribution in [2.45, 2.75) is 25.8 Å². The first kappa shape index (κ1) is 13.8. The zero-order valence-electron chi connectivity index (χ0n) is 12.8. The Kier molecular flexibility index (Phi) is 3.73. The number of nitrogens with zero attached hydrogens (tertiary/aromatic N) is 5. The number of aromatic nitrogens is 3. The lowest BCUT2D eigenvalue weighted by Crippen LogP contribution is -2.24. The average Bonchev–Trinajstić information content (AvgIpc) is 2.97. The van der Waals surface area contributed by atoms with E-state index >= 15 is 0 Å². The van der Waals surface area contributed by atoms with Gasteiger partial charge in [0.05, 0.1) is 6.04 Å². The summed E-state index contributed by atoms with van der Waals surface area (Å²) in [6.07, 6.45) is 6.07. The predicted molar refractivity (Wildman–Crippen MR) is 84.7 cm³/mol. The van der Waals surface area contributed by atoms with Crippen molar-refractivity contribution in [1.82, 2.24) is 15.0 Å². The minimum atomic E-state index is 0.376. The van der Waals surface area contributed by atoms with Crippen molar-refractivity contribution in [3.05, 3.63) is 42.0 Å². The minimum Gasteiger partial charge on any atom is -0.363 e. The highest BCUT2D eigenvalue weighted by Gasteiger charge is 2.27. The molecule has 0 unspecified atom stereocenters. The second kappa shape index (κ2) is 5.68. The molecule has 0 aromatic carbocycles. The molecule has 1 saturated heterocycles. The third kappa shape index (κ3) is 2.82. The minimum absolute atomic E-state index is 0.376. The summed E-state index contributed by atoms with van der Waals surface area (Å²) in [7, 11) is 4.04. The van der Waals surface area contributed by atoms with Crippen molar-refractivity contribution >= 4 is 11.6 Å². The van der Waals surface area contributed by atoms with Gasteiger partial charge in [-0.15, -0.1) is 0 Å². The van der Waals surface area contributed by atoms with Crippen molar-refractivity contribution in [1.29, 1.82) is 0 Å². The third-order valence-corrected chi connectivity index (χ3v) is 3.92. The van der Waals surface area contributed by atoms with Gasteiger partial charge in [0, 0.05) is 33.0 Å². The van der Waals surface area contributed by atoms with Gasteiger partial charge in [-0.1, -0.05) is 0 Å². The largest absolute Gasteiger partial charge is 0.363 e. The maximum absolute atomic E-state index is 4.58. The van der Waals surface area contributed by atoms with E-state index < -0.39 is 0 Å². The van der Waals surface area contributed by atoms with Crippen LogP contribution in [0.15, 0.2) is 30.6 Å². The Labute approximate surface area is 125 Å². The lowest BCUT2D eigenvalue weighted by Gasteiger charge is -2.26. The first-order valence-corrected chi connectivity index (χ1v) is 7.35. The highest BCUT2D eigenvalue weighted by Crippen LogP contribution is 2.35. The van der Waals surface area contributed by atoms with E-state index in [1.807, 2.05) is 44.4 Å². The number of rotatable bonds is 3. The zero-order valence-corrected chi connectivity index (χ0v) is 12.8. The second-order valence-electron chi connectivity index (χ2n) is 5.66. The molecule has 1 aliphatic rings. The molecule has 3 rings (SSSR count). The van der Waals surface area contributed by atoms with Crippen LogP contribution in [0.1, 0.15) is 30.3 Å². The van der Waals surface area contributed by atoms with Crippen LogP contribution in [0.25, 0.3) is 0 Å². The summed E-state index contributed by atoms with van der Waals surface area (Å²) in [5.74, 6) is 2.84. The van der Waals surface area contributed by atoms with Crippen molar-refractivity contribution < 1.29 is 0 Å². The molecule has 5 heteroatoms. The molecule has 0 spiro atoms. The fourth-order valence-electron chi connectivity index (χ4n) is 2.88. The summed E-state index contributed by atoms with van der Waals surface area (Å²) in [4.78, 5) is 17.6. The summed E-state index contributed by atoms with van der Waals surface area (Å²) >= 11 is 0. The molecule has 0 amide bonds. The summed E-state index contributed by atoms with van der Waals surface area (Å²) in [5, 5.41) is 0. The Morgan fingerprint density at radius 3 is 2.76 bits per heavy atom. The molecule has 110 valence electrons. The van der Waals surface area contributed by atoms with Gasteiger partial charge < -0.3 is 9.80 Å². The highest BCUT2D eigenvalue weighted by atomic mass is 15.2. The van der Waals surface area contributed by atoms with Gasteiger partial charge in [-0.25, -0.2) is 15.0 Å². The van der Waals surface area contributed by atoms with Gasteiger partial charge in [0.1, 0.15) is 17.5 Å². The van der Waals surface area contributed by atoms with Gasteiger partial charge >= 0.3 is 0 Å². The highest BCUT2D eigenvalue weighted by molar-refractivity contribution is 5.47. The Balaban J connectivity index is 1.92. The molecule has 0 radical (unpaired) electrons. The Morgan fingerprint density at radius 1 is 1.19 bits per heavy atom. The Morgan fingerprint density at radius 2 is 2.00 bits per heavy atom. The van der Waals surface area contributed by atoms with Gasteiger partial charge in [0.2, 0.25) is 0 Å². The molecule has 2 aromatic rings. The molecular weight excluding hydrogens is 262 g/mol. The lowest BCUT2D eigenvalue weighted by molar-refractivity contribution is 0.707. The molecule has 2 aromatic heterocycles. The molecule has 1 atom stereocenters. The third-order valence-electron chi connectivity index (χ3n) is 3.92. The van der Waals surface area contributed by atoms with E-state index in [-0.39, 0.29) is 0 Å². The lowest BCUT2D eigenvalue weighted by atomic mass is 10.1. The molecule has 0 saturated carbocycles. The average molecular weight is 283 g/mol. The Hall–Kier alpha value is -2.17. The van der Waals surface area contributed by atoms with Crippen molar-refractivity contribution in [3.63, 3.8) is 0 Å². The summed E-state index contributed by atoms with van der Waals surface area (Å²) in [6.45, 7) is 2.98. The Bertz CT molecular complexity index is 626. The number of pyridine rings is 1. The fourth-order valence-corrected chi connectivity index (χ4v) is 2.88. The predicted octanol–water partition coefficient (Wildman–Crippen LogP) is 2.59. The van der Waals surface area contributed by atoms with Crippen LogP contribution >= 0.6 is 0 Å². The van der Waals surface area contributed by atoms with Crippen LogP contribution in [0.4, 0.5) is 11.6 Å². The van der Waals surface area contributed by atoms with Crippen molar-refractivity contribution in [2.24, 2.45) is 0 Å². The molecule has 1 fully saturated rings. The van der Waals surface area contributed by atoms with E-state index in [0.717, 1.165) is 30.4 Å². The van der Waals surface area contributed by atoms with E-state index in [1.54, 1.807) is 0 Å². The first-order chi connectivity index (χ1) is 10.1. The van der Waals surface area contributed by atoms with Crippen LogP contribution in [-0.4, -0.2) is 35.6 Å². The topological polar surface area (TPSA) is 45.2 Å². The first-order valence-electron chi connectivity index (χ1n) is 7.35. The maximum atomic E-state index is 4.58. The molecule has 0 aliphatic carbocycles. The number of hydrogen-bond acceptors (Lipinski definition) is 5. The van der Waals surface area contributed by atoms with E-state index in [1.165, 1.54) is 12.0 Å². The quantitative estimate of drug-likeness (QED) is 0.866. The number of anilines is 2. The van der Waals surface area contributed by atoms with Gasteiger partial charge in [-0.2, -0.15) is 0 Å². The van der Waals surface area contributed by atoms with Crippen LogP contribution in [-0.2, 0) is 0 Å². The molecule has 3 heterocycles. The fraction of sp³-hybridized carbons (Fsp3) is 0.438. The molecule has 0 N–H and O–H groups in total. The maximum Gasteiger partial charge on any atom is 0.132 e. The van der Waals surface area contributed by atoms with Crippen LogP contribution in [0.2, 0.25) is 0 Å². The second-order valence-corrected chi connectivity index (χ2v) is 5.66. The molecule has 21 heavy (non-hydrogen) atoms. The van der Waals surface area contributed by atoms with Gasteiger partial charge in [0.25, 0.3) is 0 Å². The van der Waals surface area contributed by atoms with Gasteiger partial charge in [0.15, 0.2) is 0 Å². The SMILES string of the molecule is Cc1nccc(N2CCC[C@H]2c2ccnc(N(C)C)c2)n1. The molecule has 5 nitrogen and oxygen atoms in total. The van der Waals surface area contributed by atoms with Crippen LogP contribution < -0.4 is 9.80 Å². The van der Waals surface area contributed by atoms with Crippen LogP contribution in [0.3, 0.4) is 0 Å². The summed E-state index contributed by atoms with van der Waals surface area (Å²) in [6, 6.07) is 6.67. The van der Waals surface area contributed by atoms with Gasteiger partial charge in [-0.3, -0.25) is 0 Å². The monoisotopic (exact) mass is 283 g/mol. The smallest absolute Gasteiger partial charge is 0.132 e. The van der Waals surface area contributed by atoms with E-state index in [4.69, 9.17) is 0 Å². The van der Waals surface area contributed by atoms with Gasteiger partial charge in [-0.05, 0) is 43.5 Å². The summed E-state index contributed by atoms with van der Waals surface area (Å²) < 4.78 is 0. The van der Waals surface area contributed by atoms with E-state index in [9.17, 15) is 0 Å². The molecular formula is C16H21N5. The van der Waals surface area contributed by atoms with Crippen molar-refractivity contribution in [3.8, 4) is 0 Å². The number of hydrogen-bond donors (Lipinski definition) is 0. The zero-order chi connectivity index (χ0) is 14.8. The standard InChI is InChI=1S/C16H21N5/c1-12-17-9-7-15(19-12)21-10-4-5-14(21)13-6-8-18-16(11-13)20(2)3/h6-9,11,14H,4-5,10H2,1-3H3/t14-/m0/s1. The van der Waals surface area contributed by atoms with E-state index in [2.05, 4.69) is 32.0 Å². The molecule has 1 aliphatic heterocycles.